The van der Waals surface area contributed by atoms with Gasteiger partial charge in [-0.3, -0.25) is 0 Å². The first-order valence-electron chi connectivity index (χ1n) is 3.50. The minimum Gasteiger partial charge on any atom is -0.305 e. The molecule has 0 atom stereocenters. The lowest BCUT2D eigenvalue weighted by Gasteiger charge is -2.08. The van der Waals surface area contributed by atoms with Crippen LogP contribution in [0.4, 0.5) is 0 Å². The van der Waals surface area contributed by atoms with Gasteiger partial charge in [-0.05, 0) is 25.7 Å². The first-order chi connectivity index (χ1) is 5.18. The molecule has 0 spiro atoms. The smallest absolute Gasteiger partial charge is 0.0488 e. The van der Waals surface area contributed by atoms with E-state index in [2.05, 4.69) is 11.0 Å². The van der Waals surface area contributed by atoms with E-state index in [0.717, 1.165) is 12.1 Å². The average Bonchev–Trinajstić information content (AvgIpc) is 1.85. The van der Waals surface area contributed by atoms with Gasteiger partial charge in [0.1, 0.15) is 0 Å². The highest BCUT2D eigenvalue weighted by Crippen LogP contribution is 2.10. The van der Waals surface area contributed by atoms with Gasteiger partial charge in [0.2, 0.25) is 0 Å². The molecule has 2 heteroatoms. The Morgan fingerprint density at radius 2 is 2.18 bits per heavy atom. The van der Waals surface area contributed by atoms with Gasteiger partial charge in [0.25, 0.3) is 0 Å². The Labute approximate surface area is 72.6 Å². The monoisotopic (exact) mass is 168 g/mol. The van der Waals surface area contributed by atoms with E-state index in [1.54, 1.807) is 0 Å². The molecular weight excluding hydrogens is 158 g/mol. The standard InChI is InChI=1S/C9H11ClN/c1-11(2)7-8-4-3-5-9(10)6-8/h3-5H,7H2,1-2H3. The molecule has 0 saturated carbocycles. The first kappa shape index (κ1) is 8.57. The van der Waals surface area contributed by atoms with Crippen molar-refractivity contribution in [1.29, 1.82) is 0 Å². The third-order valence-electron chi connectivity index (χ3n) is 1.31. The summed E-state index contributed by atoms with van der Waals surface area (Å²) in [5.41, 5.74) is 1.13. The van der Waals surface area contributed by atoms with Crippen LogP contribution < -0.4 is 0 Å². The van der Waals surface area contributed by atoms with E-state index in [4.69, 9.17) is 11.6 Å². The summed E-state index contributed by atoms with van der Waals surface area (Å²) in [6, 6.07) is 8.86. The molecule has 1 nitrogen and oxygen atoms in total. The highest BCUT2D eigenvalue weighted by Gasteiger charge is 1.95. The van der Waals surface area contributed by atoms with Crippen LogP contribution in [0.5, 0.6) is 0 Å². The molecule has 0 aliphatic heterocycles. The van der Waals surface area contributed by atoms with E-state index >= 15 is 0 Å². The molecule has 0 aliphatic carbocycles. The molecule has 0 bridgehead atoms. The van der Waals surface area contributed by atoms with E-state index in [1.807, 2.05) is 32.3 Å². The number of hydrogen-bond acceptors (Lipinski definition) is 1. The van der Waals surface area contributed by atoms with Crippen molar-refractivity contribution in [2.75, 3.05) is 14.1 Å². The van der Waals surface area contributed by atoms with Gasteiger partial charge >= 0.3 is 0 Å². The normalized spacial score (nSPS) is 10.5. The van der Waals surface area contributed by atoms with Crippen LogP contribution in [-0.4, -0.2) is 19.0 Å². The van der Waals surface area contributed by atoms with E-state index in [1.165, 1.54) is 0 Å². The maximum Gasteiger partial charge on any atom is 0.0488 e. The van der Waals surface area contributed by atoms with Crippen molar-refractivity contribution in [2.24, 2.45) is 0 Å². The molecule has 0 heterocycles. The van der Waals surface area contributed by atoms with Crippen LogP contribution >= 0.6 is 11.6 Å². The molecule has 0 aliphatic rings. The highest BCUT2D eigenvalue weighted by atomic mass is 35.5. The largest absolute Gasteiger partial charge is 0.305 e. The van der Waals surface area contributed by atoms with Crippen LogP contribution in [0.1, 0.15) is 5.56 Å². The van der Waals surface area contributed by atoms with Crippen molar-refractivity contribution in [3.8, 4) is 0 Å². The van der Waals surface area contributed by atoms with Crippen molar-refractivity contribution in [2.45, 2.75) is 6.54 Å². The van der Waals surface area contributed by atoms with Gasteiger partial charge in [0, 0.05) is 17.6 Å². The molecule has 0 amide bonds. The summed E-state index contributed by atoms with van der Waals surface area (Å²) in [6.07, 6.45) is 0. The Kier molecular flexibility index (Phi) is 2.92. The van der Waals surface area contributed by atoms with Gasteiger partial charge < -0.3 is 4.90 Å². The molecule has 0 unspecified atom stereocenters. The van der Waals surface area contributed by atoms with Crippen LogP contribution in [0.2, 0.25) is 5.02 Å². The predicted molar refractivity (Wildman–Crippen MR) is 47.7 cm³/mol. The summed E-state index contributed by atoms with van der Waals surface area (Å²) in [7, 11) is 4.05. The minimum atomic E-state index is 0.685. The molecular formula is C9H11ClN. The Balaban J connectivity index is 2.71. The molecule has 11 heavy (non-hydrogen) atoms. The summed E-state index contributed by atoms with van der Waals surface area (Å²) in [5, 5.41) is 0.685. The quantitative estimate of drug-likeness (QED) is 0.655. The predicted octanol–water partition coefficient (Wildman–Crippen LogP) is 2.20. The van der Waals surface area contributed by atoms with Gasteiger partial charge in [0.05, 0.1) is 0 Å². The Hall–Kier alpha value is -0.530. The molecule has 1 rings (SSSR count). The maximum absolute atomic E-state index is 5.75. The molecule has 59 valence electrons. The fourth-order valence-electron chi connectivity index (χ4n) is 0.918. The van der Waals surface area contributed by atoms with Gasteiger partial charge in [-0.2, -0.15) is 0 Å². The van der Waals surface area contributed by atoms with Crippen LogP contribution in [0.25, 0.3) is 0 Å². The van der Waals surface area contributed by atoms with Crippen molar-refractivity contribution in [3.05, 3.63) is 34.9 Å². The van der Waals surface area contributed by atoms with Crippen molar-refractivity contribution in [3.63, 3.8) is 0 Å². The zero-order chi connectivity index (χ0) is 8.27. The summed E-state index contributed by atoms with van der Waals surface area (Å²) in [5.74, 6) is 0. The number of hydrogen-bond donors (Lipinski definition) is 0. The van der Waals surface area contributed by atoms with E-state index in [-0.39, 0.29) is 0 Å². The van der Waals surface area contributed by atoms with E-state index in [9.17, 15) is 0 Å². The molecule has 1 aromatic rings. The van der Waals surface area contributed by atoms with Gasteiger partial charge in [-0.25, -0.2) is 0 Å². The summed E-state index contributed by atoms with van der Waals surface area (Å²) in [6.45, 7) is 0.889. The second-order valence-electron chi connectivity index (χ2n) is 2.76. The summed E-state index contributed by atoms with van der Waals surface area (Å²) >= 11 is 5.75. The molecule has 1 aromatic carbocycles. The second kappa shape index (κ2) is 3.74. The van der Waals surface area contributed by atoms with Crippen molar-refractivity contribution < 1.29 is 0 Å². The maximum atomic E-state index is 5.75. The number of benzene rings is 1. The molecule has 0 N–H and O–H groups in total. The van der Waals surface area contributed by atoms with Crippen LogP contribution in [-0.2, 0) is 6.54 Å². The van der Waals surface area contributed by atoms with Gasteiger partial charge in [-0.15, -0.1) is 0 Å². The van der Waals surface area contributed by atoms with Crippen molar-refractivity contribution in [1.82, 2.24) is 4.90 Å². The number of nitrogens with zero attached hydrogens (tertiary/aromatic N) is 1. The third kappa shape index (κ3) is 2.91. The molecule has 1 radical (unpaired) electrons. The number of rotatable bonds is 2. The lowest BCUT2D eigenvalue weighted by Crippen LogP contribution is -2.10. The molecule has 0 aromatic heterocycles. The van der Waals surface area contributed by atoms with Gasteiger partial charge in [-0.1, -0.05) is 23.7 Å². The highest BCUT2D eigenvalue weighted by molar-refractivity contribution is 6.30. The molecule has 0 fully saturated rings. The van der Waals surface area contributed by atoms with Crippen LogP contribution in [0.3, 0.4) is 0 Å². The Bertz CT molecular complexity index is 233. The van der Waals surface area contributed by atoms with E-state index < -0.39 is 0 Å². The lowest BCUT2D eigenvalue weighted by molar-refractivity contribution is 0.402. The fourth-order valence-corrected chi connectivity index (χ4v) is 1.11. The molecule has 0 saturated heterocycles. The SMILES string of the molecule is CN(C)Cc1[c]c(Cl)ccc1. The number of halogens is 1. The second-order valence-corrected chi connectivity index (χ2v) is 3.17. The summed E-state index contributed by atoms with van der Waals surface area (Å²) < 4.78 is 0. The Morgan fingerprint density at radius 3 is 2.73 bits per heavy atom. The topological polar surface area (TPSA) is 3.24 Å². The minimum absolute atomic E-state index is 0.685. The Morgan fingerprint density at radius 1 is 1.45 bits per heavy atom. The fraction of sp³-hybridized carbons (Fsp3) is 0.333. The first-order valence-corrected chi connectivity index (χ1v) is 3.88. The third-order valence-corrected chi connectivity index (χ3v) is 1.53. The lowest BCUT2D eigenvalue weighted by atomic mass is 10.2. The van der Waals surface area contributed by atoms with E-state index in [0.29, 0.717) is 5.02 Å². The van der Waals surface area contributed by atoms with Crippen molar-refractivity contribution >= 4 is 11.6 Å². The average molecular weight is 169 g/mol. The van der Waals surface area contributed by atoms with Crippen LogP contribution in [0.15, 0.2) is 18.2 Å². The summed E-state index contributed by atoms with van der Waals surface area (Å²) in [4.78, 5) is 2.09. The zero-order valence-electron chi connectivity index (χ0n) is 6.76. The van der Waals surface area contributed by atoms with Gasteiger partial charge in [0.15, 0.2) is 0 Å². The zero-order valence-corrected chi connectivity index (χ0v) is 7.52. The van der Waals surface area contributed by atoms with Crippen LogP contribution in [0, 0.1) is 6.07 Å².